The minimum Gasteiger partial charge on any atom is -0.491 e. The lowest BCUT2D eigenvalue weighted by molar-refractivity contribution is 0.294. The molecule has 27 heavy (non-hydrogen) atoms. The van der Waals surface area contributed by atoms with Gasteiger partial charge >= 0.3 is 0 Å². The summed E-state index contributed by atoms with van der Waals surface area (Å²) in [5, 5.41) is 2.12. The van der Waals surface area contributed by atoms with Crippen molar-refractivity contribution < 1.29 is 4.74 Å². The van der Waals surface area contributed by atoms with Gasteiger partial charge in [0.2, 0.25) is 0 Å². The SMILES string of the molecule is CC(C)c1ccccc1OCCn1c(Cc2cccs2)nc2ccccc21. The van der Waals surface area contributed by atoms with E-state index in [1.54, 1.807) is 11.3 Å². The summed E-state index contributed by atoms with van der Waals surface area (Å²) in [6.45, 7) is 5.81. The van der Waals surface area contributed by atoms with Crippen molar-refractivity contribution in [3.8, 4) is 5.75 Å². The van der Waals surface area contributed by atoms with E-state index in [-0.39, 0.29) is 0 Å². The molecule has 3 nitrogen and oxygen atoms in total. The van der Waals surface area contributed by atoms with Gasteiger partial charge in [-0.05, 0) is 41.1 Å². The van der Waals surface area contributed by atoms with Crippen LogP contribution in [0, 0.1) is 0 Å². The molecular weight excluding hydrogens is 352 g/mol. The zero-order chi connectivity index (χ0) is 18.6. The molecule has 0 amide bonds. The third-order valence-corrected chi connectivity index (χ3v) is 5.64. The van der Waals surface area contributed by atoms with E-state index in [4.69, 9.17) is 9.72 Å². The first-order chi connectivity index (χ1) is 13.2. The van der Waals surface area contributed by atoms with Gasteiger partial charge in [-0.3, -0.25) is 0 Å². The summed E-state index contributed by atoms with van der Waals surface area (Å²) < 4.78 is 8.46. The standard InChI is InChI=1S/C23H24N2OS/c1-17(2)19-9-3-6-12-22(19)26-14-13-25-21-11-5-4-10-20(21)24-23(25)16-18-8-7-15-27-18/h3-12,15,17H,13-14,16H2,1-2H3. The van der Waals surface area contributed by atoms with E-state index in [1.165, 1.54) is 16.0 Å². The molecule has 0 atom stereocenters. The summed E-state index contributed by atoms with van der Waals surface area (Å²) >= 11 is 1.78. The lowest BCUT2D eigenvalue weighted by Crippen LogP contribution is -2.12. The second-order valence-electron chi connectivity index (χ2n) is 6.97. The second kappa shape index (κ2) is 7.97. The summed E-state index contributed by atoms with van der Waals surface area (Å²) in [7, 11) is 0. The summed E-state index contributed by atoms with van der Waals surface area (Å²) in [4.78, 5) is 6.20. The molecule has 0 bridgehead atoms. The van der Waals surface area contributed by atoms with Gasteiger partial charge in [0.25, 0.3) is 0 Å². The maximum absolute atomic E-state index is 6.16. The molecule has 0 aliphatic carbocycles. The second-order valence-corrected chi connectivity index (χ2v) is 8.00. The molecule has 0 aliphatic heterocycles. The number of hydrogen-bond donors (Lipinski definition) is 0. The molecule has 0 radical (unpaired) electrons. The molecule has 0 saturated heterocycles. The average molecular weight is 377 g/mol. The van der Waals surface area contributed by atoms with Crippen LogP contribution in [0.5, 0.6) is 5.75 Å². The fourth-order valence-corrected chi connectivity index (χ4v) is 4.12. The van der Waals surface area contributed by atoms with Crippen LogP contribution in [0.2, 0.25) is 0 Å². The predicted molar refractivity (Wildman–Crippen MR) is 113 cm³/mol. The van der Waals surface area contributed by atoms with Crippen molar-refractivity contribution in [2.24, 2.45) is 0 Å². The van der Waals surface area contributed by atoms with Gasteiger partial charge in [0.05, 0.1) is 17.6 Å². The summed E-state index contributed by atoms with van der Waals surface area (Å²) in [6, 6.07) is 20.9. The highest BCUT2D eigenvalue weighted by molar-refractivity contribution is 7.09. The highest BCUT2D eigenvalue weighted by atomic mass is 32.1. The van der Waals surface area contributed by atoms with E-state index in [0.29, 0.717) is 12.5 Å². The van der Waals surface area contributed by atoms with Gasteiger partial charge in [0, 0.05) is 11.3 Å². The summed E-state index contributed by atoms with van der Waals surface area (Å²) in [5.74, 6) is 2.53. The maximum Gasteiger partial charge on any atom is 0.122 e. The molecule has 2 aromatic carbocycles. The Kier molecular flexibility index (Phi) is 5.26. The molecule has 2 aromatic heterocycles. The third-order valence-electron chi connectivity index (χ3n) is 4.76. The summed E-state index contributed by atoms with van der Waals surface area (Å²) in [6.07, 6.45) is 0.856. The number of thiophene rings is 1. The average Bonchev–Trinajstić information content (AvgIpc) is 3.30. The highest BCUT2D eigenvalue weighted by Crippen LogP contribution is 2.26. The zero-order valence-corrected chi connectivity index (χ0v) is 16.6. The normalized spacial score (nSPS) is 11.4. The molecule has 4 heteroatoms. The van der Waals surface area contributed by atoms with Crippen molar-refractivity contribution in [2.75, 3.05) is 6.61 Å². The Bertz CT molecular complexity index is 1020. The van der Waals surface area contributed by atoms with Gasteiger partial charge in [0.1, 0.15) is 18.2 Å². The highest BCUT2D eigenvalue weighted by Gasteiger charge is 2.12. The van der Waals surface area contributed by atoms with Crippen molar-refractivity contribution in [1.29, 1.82) is 0 Å². The third kappa shape index (κ3) is 3.91. The first-order valence-electron chi connectivity index (χ1n) is 9.40. The molecule has 0 spiro atoms. The van der Waals surface area contributed by atoms with Crippen molar-refractivity contribution in [1.82, 2.24) is 9.55 Å². The van der Waals surface area contributed by atoms with Gasteiger partial charge in [0.15, 0.2) is 0 Å². The first-order valence-corrected chi connectivity index (χ1v) is 10.3. The summed E-state index contributed by atoms with van der Waals surface area (Å²) in [5.41, 5.74) is 3.48. The van der Waals surface area contributed by atoms with E-state index in [9.17, 15) is 0 Å². The van der Waals surface area contributed by atoms with Gasteiger partial charge < -0.3 is 9.30 Å². The van der Waals surface area contributed by atoms with Crippen molar-refractivity contribution in [3.05, 3.63) is 82.3 Å². The molecule has 4 aromatic rings. The van der Waals surface area contributed by atoms with Gasteiger partial charge in [-0.2, -0.15) is 0 Å². The van der Waals surface area contributed by atoms with Gasteiger partial charge in [-0.25, -0.2) is 4.98 Å². The fourth-order valence-electron chi connectivity index (χ4n) is 3.41. The lowest BCUT2D eigenvalue weighted by atomic mass is 10.0. The van der Waals surface area contributed by atoms with Crippen LogP contribution in [0.25, 0.3) is 11.0 Å². The van der Waals surface area contributed by atoms with Crippen molar-refractivity contribution in [3.63, 3.8) is 0 Å². The minimum atomic E-state index is 0.449. The Morgan fingerprint density at radius 2 is 1.81 bits per heavy atom. The Balaban J connectivity index is 1.56. The lowest BCUT2D eigenvalue weighted by Gasteiger charge is -2.15. The Morgan fingerprint density at radius 1 is 1.00 bits per heavy atom. The van der Waals surface area contributed by atoms with Crippen LogP contribution in [0.4, 0.5) is 0 Å². The van der Waals surface area contributed by atoms with Crippen molar-refractivity contribution in [2.45, 2.75) is 32.7 Å². The van der Waals surface area contributed by atoms with Crippen LogP contribution in [0.3, 0.4) is 0 Å². The Hall–Kier alpha value is -2.59. The van der Waals surface area contributed by atoms with Crippen LogP contribution in [-0.4, -0.2) is 16.2 Å². The maximum atomic E-state index is 6.16. The van der Waals surface area contributed by atoms with E-state index >= 15 is 0 Å². The smallest absolute Gasteiger partial charge is 0.122 e. The number of para-hydroxylation sites is 3. The predicted octanol–water partition coefficient (Wildman–Crippen LogP) is 5.89. The molecular formula is C23H24N2OS. The molecule has 138 valence electrons. The monoisotopic (exact) mass is 376 g/mol. The zero-order valence-electron chi connectivity index (χ0n) is 15.8. The molecule has 0 aliphatic rings. The molecule has 0 saturated carbocycles. The number of nitrogens with zero attached hydrogens (tertiary/aromatic N) is 2. The number of hydrogen-bond acceptors (Lipinski definition) is 3. The number of rotatable bonds is 7. The molecule has 2 heterocycles. The van der Waals surface area contributed by atoms with E-state index < -0.39 is 0 Å². The van der Waals surface area contributed by atoms with Gasteiger partial charge in [-0.1, -0.05) is 50.2 Å². The fraction of sp³-hybridized carbons (Fsp3) is 0.261. The van der Waals surface area contributed by atoms with E-state index in [0.717, 1.165) is 30.1 Å². The van der Waals surface area contributed by atoms with Crippen LogP contribution >= 0.6 is 11.3 Å². The van der Waals surface area contributed by atoms with E-state index in [1.807, 2.05) is 12.1 Å². The van der Waals surface area contributed by atoms with Crippen LogP contribution < -0.4 is 4.74 Å². The molecule has 0 N–H and O–H groups in total. The number of imidazole rings is 1. The number of fused-ring (bicyclic) bond motifs is 1. The minimum absolute atomic E-state index is 0.449. The van der Waals surface area contributed by atoms with Crippen LogP contribution in [-0.2, 0) is 13.0 Å². The van der Waals surface area contributed by atoms with Crippen LogP contribution in [0.15, 0.2) is 66.0 Å². The number of benzene rings is 2. The molecule has 0 fully saturated rings. The first kappa shape index (κ1) is 17.8. The largest absolute Gasteiger partial charge is 0.491 e. The van der Waals surface area contributed by atoms with Crippen molar-refractivity contribution >= 4 is 22.4 Å². The Labute approximate surface area is 164 Å². The number of aromatic nitrogens is 2. The molecule has 4 rings (SSSR count). The van der Waals surface area contributed by atoms with Crippen LogP contribution in [0.1, 0.15) is 36.0 Å². The van der Waals surface area contributed by atoms with E-state index in [2.05, 4.69) is 72.3 Å². The molecule has 0 unspecified atom stereocenters. The quantitative estimate of drug-likeness (QED) is 0.402. The van der Waals surface area contributed by atoms with Gasteiger partial charge in [-0.15, -0.1) is 11.3 Å². The number of ether oxygens (including phenoxy) is 1. The Morgan fingerprint density at radius 3 is 2.63 bits per heavy atom. The topological polar surface area (TPSA) is 27.1 Å².